The van der Waals surface area contributed by atoms with Crippen molar-refractivity contribution < 1.29 is 13.2 Å². The molecule has 0 aromatic carbocycles. The Kier molecular flexibility index (Phi) is 5.92. The van der Waals surface area contributed by atoms with E-state index in [4.69, 9.17) is 0 Å². The van der Waals surface area contributed by atoms with Crippen molar-refractivity contribution >= 4 is 22.8 Å². The van der Waals surface area contributed by atoms with Gasteiger partial charge in [-0.3, -0.25) is 0 Å². The number of pyridine rings is 2. The summed E-state index contributed by atoms with van der Waals surface area (Å²) in [5, 5.41) is 16.2. The fourth-order valence-corrected chi connectivity index (χ4v) is 3.89. The maximum absolute atomic E-state index is 13.2. The number of halogens is 3. The van der Waals surface area contributed by atoms with E-state index < -0.39 is 11.7 Å². The summed E-state index contributed by atoms with van der Waals surface area (Å²) >= 11 is 0. The van der Waals surface area contributed by atoms with E-state index in [0.717, 1.165) is 49.8 Å². The van der Waals surface area contributed by atoms with Crippen LogP contribution in [0.15, 0.2) is 43.0 Å². The van der Waals surface area contributed by atoms with Crippen molar-refractivity contribution in [2.24, 2.45) is 0 Å². The van der Waals surface area contributed by atoms with E-state index in [1.165, 1.54) is 12.4 Å². The Morgan fingerprint density at radius 3 is 2.63 bits per heavy atom. The lowest BCUT2D eigenvalue weighted by Crippen LogP contribution is -2.43. The second kappa shape index (κ2) is 9.19. The van der Waals surface area contributed by atoms with E-state index in [-0.39, 0.29) is 28.2 Å². The van der Waals surface area contributed by atoms with E-state index in [1.807, 2.05) is 18.2 Å². The van der Waals surface area contributed by atoms with Crippen LogP contribution < -0.4 is 15.5 Å². The highest BCUT2D eigenvalue weighted by Gasteiger charge is 2.31. The van der Waals surface area contributed by atoms with Crippen LogP contribution >= 0.6 is 0 Å². The third kappa shape index (κ3) is 4.71. The summed E-state index contributed by atoms with van der Waals surface area (Å²) in [4.78, 5) is 22.0. The van der Waals surface area contributed by atoms with Gasteiger partial charge in [0.1, 0.15) is 17.5 Å². The third-order valence-electron chi connectivity index (χ3n) is 5.72. The predicted octanol–water partition coefficient (Wildman–Crippen LogP) is 3.33. The maximum atomic E-state index is 13.2. The van der Waals surface area contributed by atoms with Gasteiger partial charge in [-0.2, -0.15) is 18.4 Å². The number of nitrogens with one attached hydrogen (secondary N) is 3. The zero-order valence-corrected chi connectivity index (χ0v) is 18.4. The molecule has 9 nitrogen and oxygen atoms in total. The number of aromatic nitrogens is 5. The molecule has 0 atom stereocenters. The van der Waals surface area contributed by atoms with Gasteiger partial charge in [-0.05, 0) is 17.7 Å². The van der Waals surface area contributed by atoms with Gasteiger partial charge in [-0.25, -0.2) is 19.9 Å². The van der Waals surface area contributed by atoms with Gasteiger partial charge in [0.15, 0.2) is 0 Å². The lowest BCUT2D eigenvalue weighted by Gasteiger charge is -2.28. The van der Waals surface area contributed by atoms with Gasteiger partial charge in [-0.15, -0.1) is 0 Å². The van der Waals surface area contributed by atoms with Crippen LogP contribution in [-0.2, 0) is 12.7 Å². The maximum Gasteiger partial charge on any atom is 0.417 e. The number of hydrogen-bond acceptors (Lipinski definition) is 8. The second-order valence-corrected chi connectivity index (χ2v) is 8.00. The molecule has 0 unspecified atom stereocenters. The van der Waals surface area contributed by atoms with Crippen molar-refractivity contribution in [2.75, 3.05) is 36.4 Å². The first-order valence-corrected chi connectivity index (χ1v) is 10.9. The van der Waals surface area contributed by atoms with Crippen LogP contribution in [-0.4, -0.2) is 51.1 Å². The normalized spacial score (nSPS) is 14.2. The molecule has 0 radical (unpaired) electrons. The first kappa shape index (κ1) is 22.5. The number of fused-ring (bicyclic) bond motifs is 1. The van der Waals surface area contributed by atoms with Crippen LogP contribution in [0.4, 0.5) is 24.9 Å². The molecule has 178 valence electrons. The average molecular weight is 479 g/mol. The molecule has 5 rings (SSSR count). The highest BCUT2D eigenvalue weighted by molar-refractivity contribution is 5.94. The van der Waals surface area contributed by atoms with E-state index in [9.17, 15) is 18.4 Å². The number of nitriles is 1. The Bertz CT molecular complexity index is 1380. The fourth-order valence-electron chi connectivity index (χ4n) is 3.89. The van der Waals surface area contributed by atoms with Crippen molar-refractivity contribution in [2.45, 2.75) is 12.7 Å². The van der Waals surface area contributed by atoms with Gasteiger partial charge in [0.2, 0.25) is 5.95 Å². The highest BCUT2D eigenvalue weighted by atomic mass is 19.4. The monoisotopic (exact) mass is 479 g/mol. The second-order valence-electron chi connectivity index (χ2n) is 8.00. The minimum atomic E-state index is -4.54. The topological polar surface area (TPSA) is 118 Å². The van der Waals surface area contributed by atoms with Gasteiger partial charge in [0.25, 0.3) is 0 Å². The molecule has 1 fully saturated rings. The number of alkyl halides is 3. The Hall–Kier alpha value is -4.24. The Balaban J connectivity index is 1.38. The molecule has 0 saturated carbocycles. The number of rotatable bonds is 5. The molecule has 0 aliphatic carbocycles. The number of hydrogen-bond donors (Lipinski definition) is 3. The van der Waals surface area contributed by atoms with E-state index in [1.54, 1.807) is 6.20 Å². The summed E-state index contributed by atoms with van der Waals surface area (Å²) in [5.74, 6) is 1.15. The standard InChI is InChI=1S/C23H20F3N9/c24-23(25,26)16-7-17-18(13-31-21(17)30-12-16)20-15(8-27)11-33-22(34-20)32-10-14-1-2-19(29-9-14)35-5-3-28-4-6-35/h1-2,7,9,11-13,28H,3-6,10H2,(H,30,31)(H,32,33,34). The van der Waals surface area contributed by atoms with Crippen LogP contribution in [0.3, 0.4) is 0 Å². The van der Waals surface area contributed by atoms with Gasteiger partial charge >= 0.3 is 6.18 Å². The predicted molar refractivity (Wildman–Crippen MR) is 123 cm³/mol. The van der Waals surface area contributed by atoms with Gasteiger partial charge in [-0.1, -0.05) is 6.07 Å². The first-order chi connectivity index (χ1) is 16.9. The summed E-state index contributed by atoms with van der Waals surface area (Å²) in [6, 6.07) is 6.93. The number of piperazine rings is 1. The summed E-state index contributed by atoms with van der Waals surface area (Å²) in [6.45, 7) is 4.04. The SMILES string of the molecule is N#Cc1cnc(NCc2ccc(N3CCNCC3)nc2)nc1-c1c[nH]c2ncc(C(F)(F)F)cc12. The minimum Gasteiger partial charge on any atom is -0.354 e. The van der Waals surface area contributed by atoms with Crippen LogP contribution in [0.1, 0.15) is 16.7 Å². The first-order valence-electron chi connectivity index (χ1n) is 10.9. The van der Waals surface area contributed by atoms with Crippen LogP contribution in [0.5, 0.6) is 0 Å². The molecule has 4 aromatic heterocycles. The summed E-state index contributed by atoms with van der Waals surface area (Å²) < 4.78 is 39.6. The Labute approximate surface area is 198 Å². The summed E-state index contributed by atoms with van der Waals surface area (Å²) in [5.41, 5.74) is 0.974. The summed E-state index contributed by atoms with van der Waals surface area (Å²) in [6.07, 6.45) is 0.835. The quantitative estimate of drug-likeness (QED) is 0.399. The highest BCUT2D eigenvalue weighted by Crippen LogP contribution is 2.34. The number of nitrogens with zero attached hydrogens (tertiary/aromatic N) is 6. The average Bonchev–Trinajstić information content (AvgIpc) is 3.31. The van der Waals surface area contributed by atoms with Gasteiger partial charge in [0.05, 0.1) is 23.0 Å². The molecule has 5 heterocycles. The molecule has 0 amide bonds. The Morgan fingerprint density at radius 1 is 1.09 bits per heavy atom. The molecule has 4 aromatic rings. The number of anilines is 2. The zero-order chi connectivity index (χ0) is 24.4. The van der Waals surface area contributed by atoms with Crippen LogP contribution in [0, 0.1) is 11.3 Å². The fraction of sp³-hybridized carbons (Fsp3) is 0.261. The smallest absolute Gasteiger partial charge is 0.354 e. The third-order valence-corrected chi connectivity index (χ3v) is 5.72. The molecule has 1 aliphatic heterocycles. The Morgan fingerprint density at radius 2 is 1.91 bits per heavy atom. The van der Waals surface area contributed by atoms with Crippen molar-refractivity contribution in [1.29, 1.82) is 5.26 Å². The molecule has 1 saturated heterocycles. The molecule has 0 spiro atoms. The van der Waals surface area contributed by atoms with Crippen LogP contribution in [0.25, 0.3) is 22.3 Å². The van der Waals surface area contributed by atoms with Gasteiger partial charge in [0, 0.05) is 62.3 Å². The van der Waals surface area contributed by atoms with Crippen LogP contribution in [0.2, 0.25) is 0 Å². The molecule has 3 N–H and O–H groups in total. The van der Waals surface area contributed by atoms with E-state index in [2.05, 4.69) is 40.5 Å². The lowest BCUT2D eigenvalue weighted by molar-refractivity contribution is -0.137. The molecule has 0 bridgehead atoms. The molecule has 1 aliphatic rings. The molecular formula is C23H20F3N9. The molecule has 12 heteroatoms. The lowest BCUT2D eigenvalue weighted by atomic mass is 10.1. The van der Waals surface area contributed by atoms with Crippen molar-refractivity contribution in [3.05, 3.63) is 59.7 Å². The number of H-pyrrole nitrogens is 1. The molecule has 35 heavy (non-hydrogen) atoms. The molecular weight excluding hydrogens is 459 g/mol. The minimum absolute atomic E-state index is 0.135. The van der Waals surface area contributed by atoms with Crippen molar-refractivity contribution in [3.8, 4) is 17.3 Å². The van der Waals surface area contributed by atoms with Crippen molar-refractivity contribution in [3.63, 3.8) is 0 Å². The largest absolute Gasteiger partial charge is 0.417 e. The van der Waals surface area contributed by atoms with Crippen molar-refractivity contribution in [1.82, 2.24) is 30.2 Å². The van der Waals surface area contributed by atoms with Gasteiger partial charge < -0.3 is 20.5 Å². The van der Waals surface area contributed by atoms with E-state index in [0.29, 0.717) is 12.1 Å². The van der Waals surface area contributed by atoms with E-state index >= 15 is 0 Å². The zero-order valence-electron chi connectivity index (χ0n) is 18.4. The number of aromatic amines is 1. The summed E-state index contributed by atoms with van der Waals surface area (Å²) in [7, 11) is 0.